The molecule has 0 bridgehead atoms. The second kappa shape index (κ2) is 10.2. The van der Waals surface area contributed by atoms with E-state index in [4.69, 9.17) is 27.8 Å². The molecule has 9 heteroatoms. The van der Waals surface area contributed by atoms with Gasteiger partial charge >= 0.3 is 0 Å². The number of hydrogen-bond donors (Lipinski definition) is 0. The van der Waals surface area contributed by atoms with Gasteiger partial charge in [0.25, 0.3) is 0 Å². The summed E-state index contributed by atoms with van der Waals surface area (Å²) in [6, 6.07) is 0. The Morgan fingerprint density at radius 3 is 1.80 bits per heavy atom. The summed E-state index contributed by atoms with van der Waals surface area (Å²) in [5.41, 5.74) is 0. The lowest BCUT2D eigenvalue weighted by Gasteiger charge is -2.46. The smallest absolute Gasteiger partial charge is 0.192 e. The monoisotopic (exact) mass is 532 g/mol. The molecule has 2 rings (SSSR count). The van der Waals surface area contributed by atoms with E-state index >= 15 is 0 Å². The molecule has 35 heavy (non-hydrogen) atoms. The number of carbonyl (C=O) groups is 1. The van der Waals surface area contributed by atoms with Crippen LogP contribution in [-0.4, -0.2) is 71.6 Å². The number of carbonyl (C=O) groups excluding carboxylic acids is 1. The Balaban J connectivity index is 2.54. The molecule has 2 aliphatic heterocycles. The van der Waals surface area contributed by atoms with E-state index < -0.39 is 52.6 Å². The maximum absolute atomic E-state index is 12.0. The van der Waals surface area contributed by atoms with Crippen LogP contribution in [0.5, 0.6) is 0 Å². The second-order valence-electron chi connectivity index (χ2n) is 14.1. The van der Waals surface area contributed by atoms with Crippen LogP contribution in [0.2, 0.25) is 36.3 Å². The summed E-state index contributed by atoms with van der Waals surface area (Å²) in [5, 5.41) is -0.0544. The van der Waals surface area contributed by atoms with Crippen LogP contribution < -0.4 is 0 Å². The molecule has 7 nitrogen and oxygen atoms in total. The molecule has 0 aliphatic carbocycles. The molecule has 5 atom stereocenters. The van der Waals surface area contributed by atoms with Crippen molar-refractivity contribution in [2.75, 3.05) is 6.61 Å². The first-order chi connectivity index (χ1) is 15.5. The van der Waals surface area contributed by atoms with E-state index in [1.54, 1.807) is 0 Å². The largest absolute Gasteiger partial charge is 0.411 e. The molecule has 2 aliphatic rings. The number of hydrogen-bond acceptors (Lipinski definition) is 7. The van der Waals surface area contributed by atoms with Crippen molar-refractivity contribution >= 4 is 22.9 Å². The third kappa shape index (κ3) is 7.47. The Bertz CT molecular complexity index is 737. The van der Waals surface area contributed by atoms with Gasteiger partial charge in [-0.2, -0.15) is 0 Å². The number of rotatable bonds is 9. The van der Waals surface area contributed by atoms with Gasteiger partial charge in [0.15, 0.2) is 28.2 Å². The fourth-order valence-corrected chi connectivity index (χ4v) is 6.67. The highest BCUT2D eigenvalue weighted by molar-refractivity contribution is 6.74. The molecule has 0 aromatic heterocycles. The van der Waals surface area contributed by atoms with E-state index in [9.17, 15) is 4.79 Å². The van der Waals surface area contributed by atoms with Gasteiger partial charge in [-0.05, 0) is 64.0 Å². The first-order valence-corrected chi connectivity index (χ1v) is 18.8. The minimum atomic E-state index is -2.28. The van der Waals surface area contributed by atoms with Crippen molar-refractivity contribution in [2.45, 2.75) is 154 Å². The summed E-state index contributed by atoms with van der Waals surface area (Å²) in [5.74, 6) is -1.52. The maximum Gasteiger partial charge on any atom is 0.192 e. The van der Waals surface area contributed by atoms with Gasteiger partial charge in [-0.25, -0.2) is 0 Å². The quantitative estimate of drug-likeness (QED) is 0.265. The van der Waals surface area contributed by atoms with Crippen molar-refractivity contribution in [3.05, 3.63) is 0 Å². The molecule has 2 heterocycles. The van der Waals surface area contributed by atoms with Crippen molar-refractivity contribution in [3.8, 4) is 0 Å². The van der Waals surface area contributed by atoms with Crippen molar-refractivity contribution in [2.24, 2.45) is 0 Å². The summed E-state index contributed by atoms with van der Waals surface area (Å²) >= 11 is 0. The highest BCUT2D eigenvalue weighted by Gasteiger charge is 2.56. The van der Waals surface area contributed by atoms with Crippen molar-refractivity contribution < 1.29 is 32.6 Å². The number of ether oxygens (including phenoxy) is 4. The summed E-state index contributed by atoms with van der Waals surface area (Å²) < 4.78 is 39.0. The molecule has 0 amide bonds. The first kappa shape index (κ1) is 31.1. The molecule has 0 spiro atoms. The zero-order valence-corrected chi connectivity index (χ0v) is 26.7. The molecule has 0 saturated carbocycles. The predicted octanol–water partition coefficient (Wildman–Crippen LogP) is 6.03. The van der Waals surface area contributed by atoms with Gasteiger partial charge in [0.05, 0.1) is 18.8 Å². The Morgan fingerprint density at radius 2 is 1.37 bits per heavy atom. The molecule has 2 fully saturated rings. The van der Waals surface area contributed by atoms with Gasteiger partial charge < -0.3 is 32.6 Å². The molecule has 0 N–H and O–H groups in total. The zero-order chi connectivity index (χ0) is 27.3. The van der Waals surface area contributed by atoms with Gasteiger partial charge in [0.1, 0.15) is 24.6 Å². The summed E-state index contributed by atoms with van der Waals surface area (Å²) in [7, 11) is -4.51. The molecule has 0 unspecified atom stereocenters. The Kier molecular flexibility index (Phi) is 9.06. The third-order valence-electron chi connectivity index (χ3n) is 8.07. The predicted molar refractivity (Wildman–Crippen MR) is 144 cm³/mol. The fourth-order valence-electron chi connectivity index (χ4n) is 4.01. The lowest BCUT2D eigenvalue weighted by atomic mass is 9.98. The molecule has 2 saturated heterocycles. The standard InChI is InChI=1S/C26H52O7Si2/c1-23(2,3)34(11,12)32-18(15-16-27)21(33-35(13,14)24(4,5)6)22-20(30-26(9,10)31-22)19-17-28-25(7,8)29-19/h16,18-22H,15,17H2,1-14H3/t18-,19+,20+,21-,22-/m0/s1. The van der Waals surface area contributed by atoms with Gasteiger partial charge in [0, 0.05) is 6.42 Å². The van der Waals surface area contributed by atoms with Crippen LogP contribution in [-0.2, 0) is 32.6 Å². The van der Waals surface area contributed by atoms with Crippen molar-refractivity contribution in [1.82, 2.24) is 0 Å². The SMILES string of the molecule is CC1(C)O[C@H]([C@@H](O[Si](C)(C)C(C)(C)C)[C@H](CC=O)O[Si](C)(C)C(C)(C)C)[C@@H]([C@H]2COC(C)(C)O2)O1. The molecule has 0 aromatic carbocycles. The fraction of sp³-hybridized carbons (Fsp3) is 0.962. The second-order valence-corrected chi connectivity index (χ2v) is 23.6. The van der Waals surface area contributed by atoms with E-state index in [0.717, 1.165) is 6.29 Å². The van der Waals surface area contributed by atoms with E-state index in [2.05, 4.69) is 67.7 Å². The summed E-state index contributed by atoms with van der Waals surface area (Å²) in [6.45, 7) is 30.1. The number of aldehydes is 1. The van der Waals surface area contributed by atoms with Crippen LogP contribution in [0.4, 0.5) is 0 Å². The Hall–Kier alpha value is -0.136. The minimum Gasteiger partial charge on any atom is -0.411 e. The van der Waals surface area contributed by atoms with Gasteiger partial charge in [-0.15, -0.1) is 0 Å². The minimum absolute atomic E-state index is 0.0200. The van der Waals surface area contributed by atoms with E-state index in [1.807, 2.05) is 27.7 Å². The molecular weight excluding hydrogens is 480 g/mol. The summed E-state index contributed by atoms with van der Waals surface area (Å²) in [4.78, 5) is 12.0. The van der Waals surface area contributed by atoms with Gasteiger partial charge in [-0.1, -0.05) is 41.5 Å². The molecule has 0 aromatic rings. The average molecular weight is 533 g/mol. The lowest BCUT2D eigenvalue weighted by molar-refractivity contribution is -0.175. The lowest BCUT2D eigenvalue weighted by Crippen LogP contribution is -2.58. The normalized spacial score (nSPS) is 29.3. The Morgan fingerprint density at radius 1 is 0.857 bits per heavy atom. The van der Waals surface area contributed by atoms with Gasteiger partial charge in [0.2, 0.25) is 0 Å². The van der Waals surface area contributed by atoms with E-state index in [-0.39, 0.29) is 22.6 Å². The summed E-state index contributed by atoms with van der Waals surface area (Å²) in [6.07, 6.45) is -0.986. The Labute approximate surface area is 216 Å². The molecular formula is C26H52O7Si2. The van der Waals surface area contributed by atoms with Crippen LogP contribution in [0, 0.1) is 0 Å². The molecule has 0 radical (unpaired) electrons. The average Bonchev–Trinajstić information content (AvgIpc) is 3.15. The van der Waals surface area contributed by atoms with Crippen LogP contribution in [0.15, 0.2) is 0 Å². The van der Waals surface area contributed by atoms with Crippen molar-refractivity contribution in [3.63, 3.8) is 0 Å². The zero-order valence-electron chi connectivity index (χ0n) is 24.7. The van der Waals surface area contributed by atoms with Crippen LogP contribution in [0.3, 0.4) is 0 Å². The topological polar surface area (TPSA) is 72.5 Å². The highest BCUT2D eigenvalue weighted by Crippen LogP contribution is 2.45. The molecule has 206 valence electrons. The van der Waals surface area contributed by atoms with Crippen molar-refractivity contribution in [1.29, 1.82) is 0 Å². The maximum atomic E-state index is 12.0. The van der Waals surface area contributed by atoms with E-state index in [0.29, 0.717) is 6.61 Å². The highest BCUT2D eigenvalue weighted by atomic mass is 28.4. The third-order valence-corrected chi connectivity index (χ3v) is 17.0. The van der Waals surface area contributed by atoms with Crippen LogP contribution >= 0.6 is 0 Å². The van der Waals surface area contributed by atoms with Gasteiger partial charge in [-0.3, -0.25) is 0 Å². The van der Waals surface area contributed by atoms with Crippen LogP contribution in [0.1, 0.15) is 75.7 Å². The first-order valence-electron chi connectivity index (χ1n) is 13.0. The van der Waals surface area contributed by atoms with E-state index in [1.165, 1.54) is 0 Å². The van der Waals surface area contributed by atoms with Crippen LogP contribution in [0.25, 0.3) is 0 Å².